The van der Waals surface area contributed by atoms with Crippen LogP contribution < -0.4 is 10.1 Å². The number of nitrogens with one attached hydrogen (secondary N) is 1. The second-order valence-corrected chi connectivity index (χ2v) is 6.09. The zero-order valence-electron chi connectivity index (χ0n) is 13.9. The number of aryl methyl sites for hydroxylation is 2. The first-order valence-electron chi connectivity index (χ1n) is 7.49. The average Bonchev–Trinajstić information content (AvgIpc) is 2.51. The summed E-state index contributed by atoms with van der Waals surface area (Å²) in [4.78, 5) is 12.2. The molecule has 0 spiro atoms. The molecule has 0 aromatic heterocycles. The Morgan fingerprint density at radius 3 is 2.40 bits per heavy atom. The lowest BCUT2D eigenvalue weighted by atomic mass is 10.1. The highest BCUT2D eigenvalue weighted by Crippen LogP contribution is 2.33. The maximum atomic E-state index is 12.8. The van der Waals surface area contributed by atoms with Gasteiger partial charge in [-0.05, 0) is 62.2 Å². The van der Waals surface area contributed by atoms with Crippen molar-refractivity contribution >= 4 is 23.2 Å². The van der Waals surface area contributed by atoms with Crippen LogP contribution >= 0.6 is 11.6 Å². The molecule has 0 saturated carbocycles. The molecule has 2 rings (SSSR count). The topological polar surface area (TPSA) is 38.3 Å². The molecule has 0 aliphatic heterocycles. The quantitative estimate of drug-likeness (QED) is 0.783. The third-order valence-corrected chi connectivity index (χ3v) is 4.04. The van der Waals surface area contributed by atoms with E-state index in [1.807, 2.05) is 19.9 Å². The second kappa shape index (κ2) is 7.35. The number of anilines is 1. The largest absolute Gasteiger partial charge is 0.481 e. The molecule has 3 nitrogen and oxygen atoms in total. The molecule has 0 bridgehead atoms. The zero-order valence-corrected chi connectivity index (χ0v) is 14.6. The second-order valence-electron chi connectivity index (χ2n) is 5.69. The SMILES string of the molecule is Cc1ccc(OC(C)C(=O)Nc2cc(C(F)(F)F)ccc2Cl)cc1C. The minimum atomic E-state index is -4.52. The standard InChI is InChI=1S/C18H17ClF3NO2/c1-10-4-6-14(8-11(10)2)25-12(3)17(24)23-16-9-13(18(20,21)22)5-7-15(16)19/h4-9,12H,1-3H3,(H,23,24). The summed E-state index contributed by atoms with van der Waals surface area (Å²) in [6, 6.07) is 8.11. The van der Waals surface area contributed by atoms with Gasteiger partial charge in [0.2, 0.25) is 0 Å². The molecule has 1 N–H and O–H groups in total. The van der Waals surface area contributed by atoms with Crippen LogP contribution in [-0.4, -0.2) is 12.0 Å². The van der Waals surface area contributed by atoms with Gasteiger partial charge in [0.15, 0.2) is 6.10 Å². The summed E-state index contributed by atoms with van der Waals surface area (Å²) in [6.45, 7) is 5.37. The molecule has 7 heteroatoms. The van der Waals surface area contributed by atoms with Crippen LogP contribution in [-0.2, 0) is 11.0 Å². The maximum absolute atomic E-state index is 12.8. The van der Waals surface area contributed by atoms with Gasteiger partial charge in [-0.2, -0.15) is 13.2 Å². The smallest absolute Gasteiger partial charge is 0.416 e. The van der Waals surface area contributed by atoms with Crippen LogP contribution in [0.5, 0.6) is 5.75 Å². The number of halogens is 4. The molecule has 0 heterocycles. The van der Waals surface area contributed by atoms with Gasteiger partial charge in [0.25, 0.3) is 5.91 Å². The Bertz CT molecular complexity index is 790. The van der Waals surface area contributed by atoms with Crippen molar-refractivity contribution in [2.45, 2.75) is 33.1 Å². The molecule has 0 aliphatic carbocycles. The fourth-order valence-corrected chi connectivity index (χ4v) is 2.24. The molecule has 1 unspecified atom stereocenters. The summed E-state index contributed by atoms with van der Waals surface area (Å²) in [5.74, 6) is -0.0969. The van der Waals surface area contributed by atoms with E-state index >= 15 is 0 Å². The number of hydrogen-bond acceptors (Lipinski definition) is 2. The highest BCUT2D eigenvalue weighted by Gasteiger charge is 2.31. The van der Waals surface area contributed by atoms with Crippen molar-refractivity contribution in [2.24, 2.45) is 0 Å². The number of rotatable bonds is 4. The van der Waals surface area contributed by atoms with Crippen molar-refractivity contribution in [1.82, 2.24) is 0 Å². The van der Waals surface area contributed by atoms with Crippen molar-refractivity contribution < 1.29 is 22.7 Å². The van der Waals surface area contributed by atoms with Crippen LogP contribution in [0, 0.1) is 13.8 Å². The van der Waals surface area contributed by atoms with Gasteiger partial charge in [0, 0.05) is 0 Å². The van der Waals surface area contributed by atoms with Crippen LogP contribution in [0.25, 0.3) is 0 Å². The molecule has 0 saturated heterocycles. The first-order chi connectivity index (χ1) is 11.6. The van der Waals surface area contributed by atoms with Crippen LogP contribution in [0.2, 0.25) is 5.02 Å². The predicted molar refractivity (Wildman–Crippen MR) is 91.1 cm³/mol. The Morgan fingerprint density at radius 1 is 1.12 bits per heavy atom. The first-order valence-corrected chi connectivity index (χ1v) is 7.87. The Balaban J connectivity index is 2.12. The van der Waals surface area contributed by atoms with E-state index in [2.05, 4.69) is 5.32 Å². The van der Waals surface area contributed by atoms with E-state index in [0.717, 1.165) is 29.3 Å². The van der Waals surface area contributed by atoms with Crippen molar-refractivity contribution in [3.05, 3.63) is 58.1 Å². The summed E-state index contributed by atoms with van der Waals surface area (Å²) >= 11 is 5.87. The summed E-state index contributed by atoms with van der Waals surface area (Å²) in [6.07, 6.45) is -5.43. The van der Waals surface area contributed by atoms with Gasteiger partial charge < -0.3 is 10.1 Å². The van der Waals surface area contributed by atoms with E-state index < -0.39 is 23.8 Å². The van der Waals surface area contributed by atoms with E-state index in [1.54, 1.807) is 12.1 Å². The number of ether oxygens (including phenoxy) is 1. The van der Waals surface area contributed by atoms with Gasteiger partial charge in [-0.3, -0.25) is 4.79 Å². The predicted octanol–water partition coefficient (Wildman–Crippen LogP) is 5.38. The fraction of sp³-hybridized carbons (Fsp3) is 0.278. The van der Waals surface area contributed by atoms with Crippen molar-refractivity contribution in [3.63, 3.8) is 0 Å². The Kier molecular flexibility index (Phi) is 5.62. The lowest BCUT2D eigenvalue weighted by Gasteiger charge is -2.17. The lowest BCUT2D eigenvalue weighted by molar-refractivity contribution is -0.137. The van der Waals surface area contributed by atoms with Gasteiger partial charge >= 0.3 is 6.18 Å². The van der Waals surface area contributed by atoms with Gasteiger partial charge in [-0.1, -0.05) is 17.7 Å². The highest BCUT2D eigenvalue weighted by atomic mass is 35.5. The molecular formula is C18H17ClF3NO2. The van der Waals surface area contributed by atoms with Gasteiger partial charge in [0.05, 0.1) is 16.3 Å². The average molecular weight is 372 g/mol. The van der Waals surface area contributed by atoms with Crippen LogP contribution in [0.4, 0.5) is 18.9 Å². The molecule has 134 valence electrons. The fourth-order valence-electron chi connectivity index (χ4n) is 2.08. The molecule has 0 radical (unpaired) electrons. The number of hydrogen-bond donors (Lipinski definition) is 1. The molecule has 0 aliphatic rings. The molecule has 0 fully saturated rings. The Hall–Kier alpha value is -2.21. The van der Waals surface area contributed by atoms with E-state index in [-0.39, 0.29) is 10.7 Å². The number of carbonyl (C=O) groups is 1. The summed E-state index contributed by atoms with van der Waals surface area (Å²) in [5.41, 5.74) is 1.08. The molecular weight excluding hydrogens is 355 g/mol. The van der Waals surface area contributed by atoms with E-state index in [9.17, 15) is 18.0 Å². The van der Waals surface area contributed by atoms with Crippen molar-refractivity contribution in [2.75, 3.05) is 5.32 Å². The van der Waals surface area contributed by atoms with E-state index in [1.165, 1.54) is 6.92 Å². The summed E-state index contributed by atoms with van der Waals surface area (Å²) < 4.78 is 43.9. The minimum absolute atomic E-state index is 0.0136. The van der Waals surface area contributed by atoms with Gasteiger partial charge in [-0.15, -0.1) is 0 Å². The molecule has 2 aromatic rings. The molecule has 1 atom stereocenters. The normalized spacial score (nSPS) is 12.6. The lowest BCUT2D eigenvalue weighted by Crippen LogP contribution is -2.30. The monoisotopic (exact) mass is 371 g/mol. The third-order valence-electron chi connectivity index (χ3n) is 3.71. The Morgan fingerprint density at radius 2 is 1.80 bits per heavy atom. The molecule has 1 amide bonds. The van der Waals surface area contributed by atoms with Crippen LogP contribution in [0.1, 0.15) is 23.6 Å². The van der Waals surface area contributed by atoms with Crippen molar-refractivity contribution in [1.29, 1.82) is 0 Å². The van der Waals surface area contributed by atoms with Crippen LogP contribution in [0.15, 0.2) is 36.4 Å². The minimum Gasteiger partial charge on any atom is -0.481 e. The zero-order chi connectivity index (χ0) is 18.8. The van der Waals surface area contributed by atoms with Crippen molar-refractivity contribution in [3.8, 4) is 5.75 Å². The highest BCUT2D eigenvalue weighted by molar-refractivity contribution is 6.33. The van der Waals surface area contributed by atoms with Crippen LogP contribution in [0.3, 0.4) is 0 Å². The molecule has 25 heavy (non-hydrogen) atoms. The van der Waals surface area contributed by atoms with Gasteiger partial charge in [-0.25, -0.2) is 0 Å². The van der Waals surface area contributed by atoms with Gasteiger partial charge in [0.1, 0.15) is 5.75 Å². The number of benzene rings is 2. The van der Waals surface area contributed by atoms with E-state index in [0.29, 0.717) is 5.75 Å². The Labute approximate surface area is 148 Å². The number of carbonyl (C=O) groups excluding carboxylic acids is 1. The van der Waals surface area contributed by atoms with E-state index in [4.69, 9.17) is 16.3 Å². The third kappa shape index (κ3) is 4.89. The summed E-state index contributed by atoms with van der Waals surface area (Å²) in [5, 5.41) is 2.39. The number of amides is 1. The maximum Gasteiger partial charge on any atom is 0.416 e. The first kappa shape index (κ1) is 19.1. The number of alkyl halides is 3. The summed E-state index contributed by atoms with van der Waals surface area (Å²) in [7, 11) is 0. The molecule has 2 aromatic carbocycles.